The van der Waals surface area contributed by atoms with Crippen molar-refractivity contribution in [1.29, 1.82) is 0 Å². The molecule has 5 N–H and O–H groups in total. The van der Waals surface area contributed by atoms with E-state index in [1.807, 2.05) is 13.8 Å². The minimum atomic E-state index is -0.922. The maximum atomic E-state index is 9.02. The number of ether oxygens (including phenoxy) is 1. The van der Waals surface area contributed by atoms with Gasteiger partial charge in [0.2, 0.25) is 0 Å². The van der Waals surface area contributed by atoms with Gasteiger partial charge in [0.15, 0.2) is 0 Å². The third-order valence-electron chi connectivity index (χ3n) is 2.09. The molecule has 0 aliphatic heterocycles. The SMILES string of the molecule is CCOC(N)(CO)C(C)CCN. The largest absolute Gasteiger partial charge is 0.392 e. The van der Waals surface area contributed by atoms with Crippen molar-refractivity contribution < 1.29 is 9.84 Å². The van der Waals surface area contributed by atoms with E-state index in [0.29, 0.717) is 13.2 Å². The molecule has 4 heteroatoms. The number of aliphatic hydroxyl groups is 1. The molecule has 0 aromatic rings. The van der Waals surface area contributed by atoms with Crippen molar-refractivity contribution in [3.05, 3.63) is 0 Å². The van der Waals surface area contributed by atoms with Gasteiger partial charge in [-0.2, -0.15) is 0 Å². The van der Waals surface area contributed by atoms with Gasteiger partial charge >= 0.3 is 0 Å². The Hall–Kier alpha value is -0.160. The van der Waals surface area contributed by atoms with E-state index in [9.17, 15) is 0 Å². The first-order valence-electron chi connectivity index (χ1n) is 4.34. The highest BCUT2D eigenvalue weighted by Gasteiger charge is 2.30. The summed E-state index contributed by atoms with van der Waals surface area (Å²) in [7, 11) is 0. The quantitative estimate of drug-likeness (QED) is 0.483. The summed E-state index contributed by atoms with van der Waals surface area (Å²) in [6, 6.07) is 0. The molecule has 0 radical (unpaired) electrons. The average Bonchev–Trinajstić information content (AvgIpc) is 2.05. The lowest BCUT2D eigenvalue weighted by molar-refractivity contribution is -0.106. The highest BCUT2D eigenvalue weighted by Crippen LogP contribution is 2.18. The highest BCUT2D eigenvalue weighted by atomic mass is 16.5. The van der Waals surface area contributed by atoms with Crippen LogP contribution in [0.4, 0.5) is 0 Å². The van der Waals surface area contributed by atoms with Crippen molar-refractivity contribution in [2.24, 2.45) is 17.4 Å². The first-order chi connectivity index (χ1) is 5.60. The van der Waals surface area contributed by atoms with Crippen molar-refractivity contribution in [3.63, 3.8) is 0 Å². The van der Waals surface area contributed by atoms with Crippen LogP contribution in [0.15, 0.2) is 0 Å². The van der Waals surface area contributed by atoms with Crippen molar-refractivity contribution >= 4 is 0 Å². The van der Waals surface area contributed by atoms with Crippen LogP contribution in [0.25, 0.3) is 0 Å². The number of hydrogen-bond acceptors (Lipinski definition) is 4. The second-order valence-electron chi connectivity index (χ2n) is 3.02. The molecule has 0 spiro atoms. The Kier molecular flexibility index (Phi) is 5.41. The van der Waals surface area contributed by atoms with Gasteiger partial charge in [0, 0.05) is 12.5 Å². The van der Waals surface area contributed by atoms with E-state index >= 15 is 0 Å². The molecule has 0 heterocycles. The fraction of sp³-hybridized carbons (Fsp3) is 1.00. The van der Waals surface area contributed by atoms with E-state index in [4.69, 9.17) is 21.3 Å². The zero-order valence-electron chi connectivity index (χ0n) is 7.92. The minimum absolute atomic E-state index is 0.0763. The number of nitrogens with two attached hydrogens (primary N) is 2. The van der Waals surface area contributed by atoms with Gasteiger partial charge in [-0.05, 0) is 19.9 Å². The molecule has 0 aromatic heterocycles. The summed E-state index contributed by atoms with van der Waals surface area (Å²) >= 11 is 0. The zero-order chi connectivity index (χ0) is 9.61. The Morgan fingerprint density at radius 2 is 2.17 bits per heavy atom. The van der Waals surface area contributed by atoms with Gasteiger partial charge in [-0.3, -0.25) is 0 Å². The lowest BCUT2D eigenvalue weighted by atomic mass is 9.95. The smallest absolute Gasteiger partial charge is 0.142 e. The summed E-state index contributed by atoms with van der Waals surface area (Å²) in [4.78, 5) is 0. The molecule has 74 valence electrons. The Morgan fingerprint density at radius 1 is 1.58 bits per heavy atom. The van der Waals surface area contributed by atoms with Crippen molar-refractivity contribution in [2.45, 2.75) is 26.0 Å². The number of rotatable bonds is 6. The molecule has 0 bridgehead atoms. The van der Waals surface area contributed by atoms with Crippen LogP contribution in [0.3, 0.4) is 0 Å². The molecule has 0 amide bonds. The van der Waals surface area contributed by atoms with Crippen LogP contribution in [0.5, 0.6) is 0 Å². The third-order valence-corrected chi connectivity index (χ3v) is 2.09. The summed E-state index contributed by atoms with van der Waals surface area (Å²) in [6.45, 7) is 4.69. The molecule has 4 nitrogen and oxygen atoms in total. The first-order valence-corrected chi connectivity index (χ1v) is 4.34. The van der Waals surface area contributed by atoms with Crippen LogP contribution in [0, 0.1) is 5.92 Å². The van der Waals surface area contributed by atoms with E-state index in [2.05, 4.69) is 0 Å². The molecule has 2 unspecified atom stereocenters. The molecule has 0 fully saturated rings. The van der Waals surface area contributed by atoms with Crippen molar-refractivity contribution in [1.82, 2.24) is 0 Å². The van der Waals surface area contributed by atoms with E-state index in [1.165, 1.54) is 0 Å². The van der Waals surface area contributed by atoms with Crippen LogP contribution in [-0.4, -0.2) is 30.6 Å². The Labute approximate surface area is 73.9 Å². The number of aliphatic hydroxyl groups excluding tert-OH is 1. The summed E-state index contributed by atoms with van der Waals surface area (Å²) < 4.78 is 5.27. The maximum absolute atomic E-state index is 9.02. The van der Waals surface area contributed by atoms with Crippen molar-refractivity contribution in [3.8, 4) is 0 Å². The molecule has 0 rings (SSSR count). The molecule has 0 saturated heterocycles. The topological polar surface area (TPSA) is 81.5 Å². The fourth-order valence-electron chi connectivity index (χ4n) is 1.11. The van der Waals surface area contributed by atoms with Gasteiger partial charge in [-0.1, -0.05) is 6.92 Å². The molecular formula is C8H20N2O2. The van der Waals surface area contributed by atoms with Gasteiger partial charge in [-0.15, -0.1) is 0 Å². The van der Waals surface area contributed by atoms with Crippen LogP contribution in [0.1, 0.15) is 20.3 Å². The molecule has 0 aliphatic carbocycles. The highest BCUT2D eigenvalue weighted by molar-refractivity contribution is 4.79. The van der Waals surface area contributed by atoms with Gasteiger partial charge in [-0.25, -0.2) is 0 Å². The van der Waals surface area contributed by atoms with E-state index in [-0.39, 0.29) is 12.5 Å². The van der Waals surface area contributed by atoms with Gasteiger partial charge in [0.05, 0.1) is 6.61 Å². The number of hydrogen-bond donors (Lipinski definition) is 3. The Morgan fingerprint density at radius 3 is 2.50 bits per heavy atom. The van der Waals surface area contributed by atoms with Crippen LogP contribution >= 0.6 is 0 Å². The van der Waals surface area contributed by atoms with Gasteiger partial charge in [0.25, 0.3) is 0 Å². The summed E-state index contributed by atoms with van der Waals surface area (Å²) in [5.41, 5.74) is 10.3. The van der Waals surface area contributed by atoms with Crippen LogP contribution in [0.2, 0.25) is 0 Å². The molecule has 0 aliphatic rings. The van der Waals surface area contributed by atoms with Crippen LogP contribution < -0.4 is 11.5 Å². The van der Waals surface area contributed by atoms with Crippen LogP contribution in [-0.2, 0) is 4.74 Å². The molecule has 12 heavy (non-hydrogen) atoms. The average molecular weight is 176 g/mol. The Bertz CT molecular complexity index is 122. The zero-order valence-corrected chi connectivity index (χ0v) is 7.92. The van der Waals surface area contributed by atoms with E-state index < -0.39 is 5.72 Å². The molecule has 0 saturated carbocycles. The standard InChI is InChI=1S/C8H20N2O2/c1-3-12-8(10,6-11)7(2)4-5-9/h7,11H,3-6,9-10H2,1-2H3. The third kappa shape index (κ3) is 3.06. The second-order valence-corrected chi connectivity index (χ2v) is 3.02. The lowest BCUT2D eigenvalue weighted by Crippen LogP contribution is -2.52. The molecule has 0 aromatic carbocycles. The first kappa shape index (κ1) is 11.8. The van der Waals surface area contributed by atoms with Gasteiger partial charge in [0.1, 0.15) is 5.72 Å². The summed E-state index contributed by atoms with van der Waals surface area (Å²) in [6.07, 6.45) is 0.761. The monoisotopic (exact) mass is 176 g/mol. The minimum Gasteiger partial charge on any atom is -0.392 e. The fourth-order valence-corrected chi connectivity index (χ4v) is 1.11. The molecular weight excluding hydrogens is 156 g/mol. The predicted octanol–water partition coefficient (Wildman–Crippen LogP) is -0.345. The summed E-state index contributed by atoms with van der Waals surface area (Å²) in [5.74, 6) is 0.0763. The van der Waals surface area contributed by atoms with E-state index in [0.717, 1.165) is 6.42 Å². The molecule has 2 atom stereocenters. The summed E-state index contributed by atoms with van der Waals surface area (Å²) in [5, 5.41) is 9.02. The van der Waals surface area contributed by atoms with E-state index in [1.54, 1.807) is 0 Å². The maximum Gasteiger partial charge on any atom is 0.142 e. The second kappa shape index (κ2) is 5.48. The Balaban J connectivity index is 4.08. The lowest BCUT2D eigenvalue weighted by Gasteiger charge is -2.33. The predicted molar refractivity (Wildman–Crippen MR) is 48.5 cm³/mol. The van der Waals surface area contributed by atoms with Gasteiger partial charge < -0.3 is 21.3 Å². The van der Waals surface area contributed by atoms with Crippen molar-refractivity contribution in [2.75, 3.05) is 19.8 Å². The normalized spacial score (nSPS) is 18.8.